The zero-order valence-corrected chi connectivity index (χ0v) is 13.1. The van der Waals surface area contributed by atoms with Crippen LogP contribution in [-0.2, 0) is 6.54 Å². The highest BCUT2D eigenvalue weighted by Crippen LogP contribution is 2.23. The zero-order valence-electron chi connectivity index (χ0n) is 13.1. The number of carbonyl (C=O) groups is 1. The van der Waals surface area contributed by atoms with Gasteiger partial charge in [-0.15, -0.1) is 0 Å². The first-order valence-electron chi connectivity index (χ1n) is 7.71. The van der Waals surface area contributed by atoms with Crippen LogP contribution in [0.4, 0.5) is 10.5 Å². The van der Waals surface area contributed by atoms with E-state index in [2.05, 4.69) is 10.6 Å². The van der Waals surface area contributed by atoms with E-state index >= 15 is 0 Å². The number of amides is 2. The fourth-order valence-corrected chi connectivity index (χ4v) is 2.22. The van der Waals surface area contributed by atoms with Gasteiger partial charge in [-0.05, 0) is 29.8 Å². The first-order valence-corrected chi connectivity index (χ1v) is 7.71. The van der Waals surface area contributed by atoms with Crippen molar-refractivity contribution in [2.24, 2.45) is 0 Å². The first kappa shape index (κ1) is 15.6. The number of benzene rings is 3. The average molecular weight is 318 g/mol. The molecular weight excluding hydrogens is 300 g/mol. The topological polar surface area (TPSA) is 50.4 Å². The number of hydrogen-bond acceptors (Lipinski definition) is 2. The second kappa shape index (κ2) is 7.83. The summed E-state index contributed by atoms with van der Waals surface area (Å²) in [6.45, 7) is 0.479. The maximum atomic E-state index is 12.0. The first-order chi connectivity index (χ1) is 11.8. The summed E-state index contributed by atoms with van der Waals surface area (Å²) in [6.07, 6.45) is 0. The molecule has 0 bridgehead atoms. The third-order valence-corrected chi connectivity index (χ3v) is 3.37. The van der Waals surface area contributed by atoms with Crippen LogP contribution in [0.3, 0.4) is 0 Å². The van der Waals surface area contributed by atoms with Crippen LogP contribution in [0.15, 0.2) is 84.9 Å². The highest BCUT2D eigenvalue weighted by Gasteiger charge is 2.03. The van der Waals surface area contributed by atoms with Gasteiger partial charge < -0.3 is 15.4 Å². The van der Waals surface area contributed by atoms with E-state index in [4.69, 9.17) is 4.74 Å². The molecule has 2 amide bonds. The van der Waals surface area contributed by atoms with Gasteiger partial charge >= 0.3 is 6.03 Å². The second-order valence-corrected chi connectivity index (χ2v) is 5.24. The van der Waals surface area contributed by atoms with Gasteiger partial charge in [0.25, 0.3) is 0 Å². The molecule has 0 radical (unpaired) electrons. The van der Waals surface area contributed by atoms with Crippen molar-refractivity contribution < 1.29 is 9.53 Å². The second-order valence-electron chi connectivity index (χ2n) is 5.24. The van der Waals surface area contributed by atoms with Crippen molar-refractivity contribution in [3.8, 4) is 11.5 Å². The van der Waals surface area contributed by atoms with Crippen LogP contribution in [0, 0.1) is 0 Å². The Morgan fingerprint density at radius 2 is 1.46 bits per heavy atom. The van der Waals surface area contributed by atoms with Gasteiger partial charge in [0.2, 0.25) is 0 Å². The van der Waals surface area contributed by atoms with Crippen molar-refractivity contribution in [2.45, 2.75) is 6.54 Å². The quantitative estimate of drug-likeness (QED) is 0.710. The molecule has 0 unspecified atom stereocenters. The molecule has 0 spiro atoms. The molecule has 0 aliphatic carbocycles. The smallest absolute Gasteiger partial charge is 0.319 e. The molecule has 2 N–H and O–H groups in total. The molecule has 0 saturated heterocycles. The molecule has 0 atom stereocenters. The number of hydrogen-bond donors (Lipinski definition) is 2. The highest BCUT2D eigenvalue weighted by atomic mass is 16.5. The predicted molar refractivity (Wildman–Crippen MR) is 95.3 cm³/mol. The summed E-state index contributed by atoms with van der Waals surface area (Å²) >= 11 is 0. The fraction of sp³-hybridized carbons (Fsp3) is 0.0500. The number of carbonyl (C=O) groups excluding carboxylic acids is 1. The van der Waals surface area contributed by atoms with Gasteiger partial charge in [0, 0.05) is 18.3 Å². The third-order valence-electron chi connectivity index (χ3n) is 3.37. The van der Waals surface area contributed by atoms with E-state index in [9.17, 15) is 4.79 Å². The Kier molecular flexibility index (Phi) is 5.10. The lowest BCUT2D eigenvalue weighted by Crippen LogP contribution is -2.28. The summed E-state index contributed by atoms with van der Waals surface area (Å²) in [5, 5.41) is 5.63. The molecular formula is C20H18N2O2. The van der Waals surface area contributed by atoms with E-state index in [1.807, 2.05) is 78.9 Å². The number of nitrogens with one attached hydrogen (secondary N) is 2. The Labute approximate surface area is 141 Å². The normalized spacial score (nSPS) is 10.0. The lowest BCUT2D eigenvalue weighted by Gasteiger charge is -2.10. The van der Waals surface area contributed by atoms with Crippen molar-refractivity contribution >= 4 is 11.7 Å². The summed E-state index contributed by atoms with van der Waals surface area (Å²) in [4.78, 5) is 12.0. The molecule has 0 aliphatic rings. The Bertz CT molecular complexity index is 789. The van der Waals surface area contributed by atoms with Gasteiger partial charge in [0.05, 0.1) is 0 Å². The SMILES string of the molecule is O=C(NCc1ccccc1)Nc1cccc(Oc2ccccc2)c1. The molecule has 3 aromatic rings. The zero-order chi connectivity index (χ0) is 16.6. The van der Waals surface area contributed by atoms with Crippen molar-refractivity contribution in [1.29, 1.82) is 0 Å². The summed E-state index contributed by atoms with van der Waals surface area (Å²) < 4.78 is 5.76. The minimum atomic E-state index is -0.254. The maximum Gasteiger partial charge on any atom is 0.319 e. The van der Waals surface area contributed by atoms with Crippen LogP contribution in [0.5, 0.6) is 11.5 Å². The fourth-order valence-electron chi connectivity index (χ4n) is 2.22. The molecule has 3 aromatic carbocycles. The standard InChI is InChI=1S/C20H18N2O2/c23-20(21-15-16-8-3-1-4-9-16)22-17-10-7-13-19(14-17)24-18-11-5-2-6-12-18/h1-14H,15H2,(H2,21,22,23). The summed E-state index contributed by atoms with van der Waals surface area (Å²) in [5.74, 6) is 1.42. The van der Waals surface area contributed by atoms with Gasteiger partial charge in [-0.25, -0.2) is 4.79 Å². The molecule has 120 valence electrons. The van der Waals surface area contributed by atoms with Crippen molar-refractivity contribution in [3.05, 3.63) is 90.5 Å². The van der Waals surface area contributed by atoms with Crippen LogP contribution < -0.4 is 15.4 Å². The third kappa shape index (κ3) is 4.61. The lowest BCUT2D eigenvalue weighted by atomic mass is 10.2. The molecule has 4 heteroatoms. The van der Waals surface area contributed by atoms with Gasteiger partial charge in [-0.1, -0.05) is 54.6 Å². The van der Waals surface area contributed by atoms with Crippen molar-refractivity contribution in [3.63, 3.8) is 0 Å². The van der Waals surface area contributed by atoms with Gasteiger partial charge in [0.15, 0.2) is 0 Å². The molecule has 3 rings (SSSR count). The summed E-state index contributed by atoms with van der Waals surface area (Å²) in [7, 11) is 0. The van der Waals surface area contributed by atoms with Crippen molar-refractivity contribution in [2.75, 3.05) is 5.32 Å². The van der Waals surface area contributed by atoms with Crippen molar-refractivity contribution in [1.82, 2.24) is 5.32 Å². The van der Waals surface area contributed by atoms with Crippen LogP contribution in [0.2, 0.25) is 0 Å². The predicted octanol–water partition coefficient (Wildman–Crippen LogP) is 4.80. The molecule has 0 aliphatic heterocycles. The van der Waals surface area contributed by atoms with Crippen LogP contribution >= 0.6 is 0 Å². The van der Waals surface area contributed by atoms with Gasteiger partial charge in [0.1, 0.15) is 11.5 Å². The number of ether oxygens (including phenoxy) is 1. The van der Waals surface area contributed by atoms with Crippen LogP contribution in [0.1, 0.15) is 5.56 Å². The Morgan fingerprint density at radius 3 is 2.21 bits per heavy atom. The van der Waals surface area contributed by atoms with E-state index in [1.54, 1.807) is 6.07 Å². The van der Waals surface area contributed by atoms with E-state index in [1.165, 1.54) is 0 Å². The number of para-hydroxylation sites is 1. The number of rotatable bonds is 5. The van der Waals surface area contributed by atoms with E-state index in [-0.39, 0.29) is 6.03 Å². The summed E-state index contributed by atoms with van der Waals surface area (Å²) in [6, 6.07) is 26.3. The largest absolute Gasteiger partial charge is 0.457 e. The molecule has 4 nitrogen and oxygen atoms in total. The van der Waals surface area contributed by atoms with E-state index < -0.39 is 0 Å². The molecule has 24 heavy (non-hydrogen) atoms. The minimum Gasteiger partial charge on any atom is -0.457 e. The maximum absolute atomic E-state index is 12.0. The Hall–Kier alpha value is -3.27. The Balaban J connectivity index is 1.57. The minimum absolute atomic E-state index is 0.254. The lowest BCUT2D eigenvalue weighted by molar-refractivity contribution is 0.251. The molecule has 0 fully saturated rings. The van der Waals surface area contributed by atoms with E-state index in [0.717, 1.165) is 11.3 Å². The van der Waals surface area contributed by atoms with Gasteiger partial charge in [-0.3, -0.25) is 0 Å². The van der Waals surface area contributed by atoms with Crippen LogP contribution in [0.25, 0.3) is 0 Å². The molecule has 0 saturated carbocycles. The highest BCUT2D eigenvalue weighted by molar-refractivity contribution is 5.89. The molecule has 0 aromatic heterocycles. The summed E-state index contributed by atoms with van der Waals surface area (Å²) in [5.41, 5.74) is 1.72. The monoisotopic (exact) mass is 318 g/mol. The number of anilines is 1. The average Bonchev–Trinajstić information content (AvgIpc) is 2.62. The van der Waals surface area contributed by atoms with Gasteiger partial charge in [-0.2, -0.15) is 0 Å². The molecule has 0 heterocycles. The Morgan fingerprint density at radius 1 is 0.792 bits per heavy atom. The van der Waals surface area contributed by atoms with Crippen LogP contribution in [-0.4, -0.2) is 6.03 Å². The van der Waals surface area contributed by atoms with E-state index in [0.29, 0.717) is 18.0 Å². The number of urea groups is 1.